The van der Waals surface area contributed by atoms with Gasteiger partial charge in [0, 0.05) is 5.92 Å². The first kappa shape index (κ1) is 10.1. The lowest BCUT2D eigenvalue weighted by Crippen LogP contribution is -1.94. The lowest BCUT2D eigenvalue weighted by atomic mass is 10.1. The van der Waals surface area contributed by atoms with Gasteiger partial charge < -0.3 is 4.98 Å². The molecule has 0 aliphatic heterocycles. The number of fused-ring (bicyclic) bond motifs is 1. The van der Waals surface area contributed by atoms with Crippen LogP contribution in [0.3, 0.4) is 0 Å². The van der Waals surface area contributed by atoms with Crippen molar-refractivity contribution in [3.63, 3.8) is 0 Å². The van der Waals surface area contributed by atoms with Gasteiger partial charge in [0.1, 0.15) is 11.6 Å². The molecule has 2 aromatic rings. The molecule has 80 valence electrons. The minimum absolute atomic E-state index is 0.221. The van der Waals surface area contributed by atoms with Crippen LogP contribution >= 0.6 is 0 Å². The maximum atomic E-state index is 12.9. The molecule has 0 radical (unpaired) electrons. The molecule has 0 bridgehead atoms. The standard InChI is InChI=1S/C12H15FN2/c1-3-4-8(2)12-14-10-6-5-9(13)7-11(10)15-12/h5-8H,3-4H2,1-2H3,(H,14,15). The maximum Gasteiger partial charge on any atom is 0.125 e. The molecule has 1 aromatic carbocycles. The third-order valence-electron chi connectivity index (χ3n) is 2.65. The molecule has 1 unspecified atom stereocenters. The highest BCUT2D eigenvalue weighted by atomic mass is 19.1. The second kappa shape index (κ2) is 4.01. The van der Waals surface area contributed by atoms with Gasteiger partial charge in [-0.05, 0) is 24.6 Å². The zero-order valence-electron chi connectivity index (χ0n) is 9.05. The molecule has 2 rings (SSSR count). The number of aromatic nitrogens is 2. The molecule has 1 aromatic heterocycles. The van der Waals surface area contributed by atoms with E-state index in [9.17, 15) is 4.39 Å². The Hall–Kier alpha value is -1.38. The van der Waals surface area contributed by atoms with Crippen LogP contribution in [0.1, 0.15) is 38.4 Å². The van der Waals surface area contributed by atoms with E-state index >= 15 is 0 Å². The Morgan fingerprint density at radius 3 is 3.00 bits per heavy atom. The average molecular weight is 206 g/mol. The van der Waals surface area contributed by atoms with Crippen LogP contribution in [0.25, 0.3) is 11.0 Å². The minimum Gasteiger partial charge on any atom is -0.342 e. The third-order valence-corrected chi connectivity index (χ3v) is 2.65. The molecule has 1 N–H and O–H groups in total. The van der Waals surface area contributed by atoms with Crippen molar-refractivity contribution >= 4 is 11.0 Å². The lowest BCUT2D eigenvalue weighted by Gasteiger charge is -2.04. The summed E-state index contributed by atoms with van der Waals surface area (Å²) in [5, 5.41) is 0. The van der Waals surface area contributed by atoms with Gasteiger partial charge in [0.2, 0.25) is 0 Å². The van der Waals surface area contributed by atoms with Crippen LogP contribution < -0.4 is 0 Å². The van der Waals surface area contributed by atoms with Gasteiger partial charge in [-0.3, -0.25) is 0 Å². The Kier molecular flexibility index (Phi) is 2.71. The van der Waals surface area contributed by atoms with Crippen molar-refractivity contribution in [1.29, 1.82) is 0 Å². The Bertz CT molecular complexity index is 462. The van der Waals surface area contributed by atoms with Crippen molar-refractivity contribution in [1.82, 2.24) is 9.97 Å². The molecule has 3 heteroatoms. The highest BCUT2D eigenvalue weighted by Gasteiger charge is 2.09. The van der Waals surface area contributed by atoms with E-state index in [0.29, 0.717) is 5.92 Å². The summed E-state index contributed by atoms with van der Waals surface area (Å²) in [5.41, 5.74) is 1.63. The zero-order chi connectivity index (χ0) is 10.8. The number of nitrogens with one attached hydrogen (secondary N) is 1. The van der Waals surface area contributed by atoms with E-state index in [0.717, 1.165) is 29.7 Å². The van der Waals surface area contributed by atoms with Crippen LogP contribution in [0.5, 0.6) is 0 Å². The molecule has 0 saturated carbocycles. The first-order chi connectivity index (χ1) is 7.20. The Morgan fingerprint density at radius 1 is 1.47 bits per heavy atom. The maximum absolute atomic E-state index is 12.9. The Labute approximate surface area is 88.5 Å². The fraction of sp³-hybridized carbons (Fsp3) is 0.417. The van der Waals surface area contributed by atoms with E-state index < -0.39 is 0 Å². The van der Waals surface area contributed by atoms with Crippen molar-refractivity contribution in [2.75, 3.05) is 0 Å². The van der Waals surface area contributed by atoms with Crippen LogP contribution in [0.2, 0.25) is 0 Å². The number of halogens is 1. The molecule has 0 aliphatic rings. The summed E-state index contributed by atoms with van der Waals surface area (Å²) in [4.78, 5) is 7.62. The first-order valence-electron chi connectivity index (χ1n) is 5.36. The van der Waals surface area contributed by atoms with Gasteiger partial charge in [0.15, 0.2) is 0 Å². The second-order valence-electron chi connectivity index (χ2n) is 3.97. The topological polar surface area (TPSA) is 28.7 Å². The number of rotatable bonds is 3. The summed E-state index contributed by atoms with van der Waals surface area (Å²) < 4.78 is 12.9. The monoisotopic (exact) mass is 206 g/mol. The number of H-pyrrole nitrogens is 1. The summed E-state index contributed by atoms with van der Waals surface area (Å²) in [6.45, 7) is 4.29. The zero-order valence-corrected chi connectivity index (χ0v) is 9.05. The van der Waals surface area contributed by atoms with Crippen molar-refractivity contribution < 1.29 is 4.39 Å². The number of nitrogens with zero attached hydrogens (tertiary/aromatic N) is 1. The number of aromatic amines is 1. The third kappa shape index (κ3) is 2.01. The summed E-state index contributed by atoms with van der Waals surface area (Å²) in [5.74, 6) is 1.14. The largest absolute Gasteiger partial charge is 0.342 e. The van der Waals surface area contributed by atoms with Crippen LogP contribution in [0.4, 0.5) is 4.39 Å². The molecule has 0 spiro atoms. The van der Waals surface area contributed by atoms with Gasteiger partial charge >= 0.3 is 0 Å². The van der Waals surface area contributed by atoms with E-state index in [4.69, 9.17) is 0 Å². The predicted molar refractivity (Wildman–Crippen MR) is 59.4 cm³/mol. The molecular weight excluding hydrogens is 191 g/mol. The molecule has 2 nitrogen and oxygen atoms in total. The van der Waals surface area contributed by atoms with Crippen LogP contribution in [0.15, 0.2) is 18.2 Å². The van der Waals surface area contributed by atoms with Crippen LogP contribution in [-0.2, 0) is 0 Å². The quantitative estimate of drug-likeness (QED) is 0.816. The normalized spacial score (nSPS) is 13.3. The second-order valence-corrected chi connectivity index (χ2v) is 3.97. The van der Waals surface area contributed by atoms with E-state index in [-0.39, 0.29) is 5.82 Å². The van der Waals surface area contributed by atoms with Gasteiger partial charge in [-0.25, -0.2) is 9.37 Å². The highest BCUT2D eigenvalue weighted by Crippen LogP contribution is 2.21. The van der Waals surface area contributed by atoms with Crippen LogP contribution in [-0.4, -0.2) is 9.97 Å². The summed E-state index contributed by atoms with van der Waals surface area (Å²) in [7, 11) is 0. The summed E-state index contributed by atoms with van der Waals surface area (Å²) >= 11 is 0. The van der Waals surface area contributed by atoms with E-state index in [1.165, 1.54) is 12.1 Å². The number of hydrogen-bond donors (Lipinski definition) is 1. The Morgan fingerprint density at radius 2 is 2.27 bits per heavy atom. The number of imidazole rings is 1. The molecule has 0 aliphatic carbocycles. The minimum atomic E-state index is -0.221. The summed E-state index contributed by atoms with van der Waals surface area (Å²) in [6, 6.07) is 4.64. The van der Waals surface area contributed by atoms with Gasteiger partial charge in [0.25, 0.3) is 0 Å². The van der Waals surface area contributed by atoms with Crippen molar-refractivity contribution in [2.45, 2.75) is 32.6 Å². The van der Waals surface area contributed by atoms with E-state index in [1.54, 1.807) is 6.07 Å². The molecular formula is C12H15FN2. The van der Waals surface area contributed by atoms with Crippen molar-refractivity contribution in [3.05, 3.63) is 29.8 Å². The SMILES string of the molecule is CCCC(C)c1nc2ccc(F)cc2[nH]1. The van der Waals surface area contributed by atoms with Crippen molar-refractivity contribution in [2.24, 2.45) is 0 Å². The first-order valence-corrected chi connectivity index (χ1v) is 5.36. The molecule has 0 fully saturated rings. The Balaban J connectivity index is 2.38. The van der Waals surface area contributed by atoms with E-state index in [1.807, 2.05) is 0 Å². The van der Waals surface area contributed by atoms with Gasteiger partial charge in [-0.1, -0.05) is 20.3 Å². The van der Waals surface area contributed by atoms with Crippen LogP contribution in [0, 0.1) is 5.82 Å². The predicted octanol–water partition coefficient (Wildman–Crippen LogP) is 3.61. The number of hydrogen-bond acceptors (Lipinski definition) is 1. The smallest absolute Gasteiger partial charge is 0.125 e. The molecule has 15 heavy (non-hydrogen) atoms. The van der Waals surface area contributed by atoms with Gasteiger partial charge in [0.05, 0.1) is 11.0 Å². The van der Waals surface area contributed by atoms with Gasteiger partial charge in [-0.15, -0.1) is 0 Å². The average Bonchev–Trinajstić information content (AvgIpc) is 2.60. The van der Waals surface area contributed by atoms with Crippen molar-refractivity contribution in [3.8, 4) is 0 Å². The molecule has 1 atom stereocenters. The number of benzene rings is 1. The lowest BCUT2D eigenvalue weighted by molar-refractivity contribution is 0.629. The highest BCUT2D eigenvalue weighted by molar-refractivity contribution is 5.75. The van der Waals surface area contributed by atoms with E-state index in [2.05, 4.69) is 23.8 Å². The van der Waals surface area contributed by atoms with Gasteiger partial charge in [-0.2, -0.15) is 0 Å². The molecule has 0 amide bonds. The fourth-order valence-electron chi connectivity index (χ4n) is 1.80. The summed E-state index contributed by atoms with van der Waals surface area (Å²) in [6.07, 6.45) is 2.23. The molecule has 0 saturated heterocycles. The molecule has 1 heterocycles. The fourth-order valence-corrected chi connectivity index (χ4v) is 1.80.